The first-order chi connectivity index (χ1) is 18.0. The Morgan fingerprint density at radius 2 is 1.68 bits per heavy atom. The van der Waals surface area contributed by atoms with Crippen molar-refractivity contribution in [3.05, 3.63) is 83.2 Å². The second kappa shape index (κ2) is 10.9. The van der Waals surface area contributed by atoms with Crippen LogP contribution in [-0.4, -0.2) is 62.8 Å². The SMILES string of the molecule is CCOc1ccc(-n2ccn3c(CC(C)CC(=O)N4CCN(c5ccccc5)CC4)nnc3c2=O)cc1. The smallest absolute Gasteiger partial charge is 0.300 e. The topological polar surface area (TPSA) is 85.0 Å². The molecule has 2 aromatic heterocycles. The van der Waals surface area contributed by atoms with E-state index in [9.17, 15) is 9.59 Å². The van der Waals surface area contributed by atoms with Crippen LogP contribution in [0.5, 0.6) is 5.75 Å². The predicted octanol–water partition coefficient (Wildman–Crippen LogP) is 3.20. The maximum absolute atomic E-state index is 13.1. The Bertz CT molecular complexity index is 1410. The quantitative estimate of drug-likeness (QED) is 0.369. The van der Waals surface area contributed by atoms with E-state index in [2.05, 4.69) is 27.2 Å². The maximum atomic E-state index is 13.1. The zero-order valence-corrected chi connectivity index (χ0v) is 21.3. The van der Waals surface area contributed by atoms with Crippen molar-refractivity contribution in [2.75, 3.05) is 37.7 Å². The van der Waals surface area contributed by atoms with Gasteiger partial charge in [0.25, 0.3) is 0 Å². The second-order valence-electron chi connectivity index (χ2n) is 9.43. The Morgan fingerprint density at radius 3 is 2.38 bits per heavy atom. The van der Waals surface area contributed by atoms with Gasteiger partial charge in [-0.3, -0.25) is 18.6 Å². The molecule has 0 saturated carbocycles. The Balaban J connectivity index is 1.21. The van der Waals surface area contributed by atoms with E-state index in [-0.39, 0.29) is 23.0 Å². The van der Waals surface area contributed by atoms with Crippen molar-refractivity contribution in [2.45, 2.75) is 26.7 Å². The molecule has 1 amide bonds. The molecule has 2 aromatic carbocycles. The number of carbonyl (C=O) groups excluding carboxylic acids is 1. The number of hydrogen-bond donors (Lipinski definition) is 0. The molecule has 37 heavy (non-hydrogen) atoms. The molecule has 1 saturated heterocycles. The van der Waals surface area contributed by atoms with Crippen molar-refractivity contribution in [3.8, 4) is 11.4 Å². The fraction of sp³-hybridized carbons (Fsp3) is 0.357. The first-order valence-electron chi connectivity index (χ1n) is 12.8. The highest BCUT2D eigenvalue weighted by atomic mass is 16.5. The van der Waals surface area contributed by atoms with Gasteiger partial charge in [0.1, 0.15) is 11.6 Å². The summed E-state index contributed by atoms with van der Waals surface area (Å²) >= 11 is 0. The molecule has 5 rings (SSSR count). The average Bonchev–Trinajstić information content (AvgIpc) is 3.33. The lowest BCUT2D eigenvalue weighted by molar-refractivity contribution is -0.132. The molecule has 0 aliphatic carbocycles. The third-order valence-corrected chi connectivity index (χ3v) is 6.78. The van der Waals surface area contributed by atoms with Crippen molar-refractivity contribution < 1.29 is 9.53 Å². The average molecular weight is 501 g/mol. The Kier molecular flexibility index (Phi) is 7.20. The highest BCUT2D eigenvalue weighted by molar-refractivity contribution is 5.76. The number of aromatic nitrogens is 4. The lowest BCUT2D eigenvalue weighted by Crippen LogP contribution is -2.49. The van der Waals surface area contributed by atoms with Crippen LogP contribution in [0.25, 0.3) is 11.3 Å². The monoisotopic (exact) mass is 500 g/mol. The molecule has 1 fully saturated rings. The van der Waals surface area contributed by atoms with Crippen LogP contribution in [0.15, 0.2) is 71.8 Å². The van der Waals surface area contributed by atoms with Crippen molar-refractivity contribution in [2.24, 2.45) is 5.92 Å². The highest BCUT2D eigenvalue weighted by Crippen LogP contribution is 2.18. The van der Waals surface area contributed by atoms with Crippen LogP contribution in [0.3, 0.4) is 0 Å². The number of fused-ring (bicyclic) bond motifs is 1. The molecule has 9 nitrogen and oxygen atoms in total. The Hall–Kier alpha value is -4.14. The van der Waals surface area contributed by atoms with Gasteiger partial charge < -0.3 is 14.5 Å². The van der Waals surface area contributed by atoms with Crippen LogP contribution in [0.1, 0.15) is 26.1 Å². The van der Waals surface area contributed by atoms with Crippen molar-refractivity contribution in [1.29, 1.82) is 0 Å². The van der Waals surface area contributed by atoms with Gasteiger partial charge >= 0.3 is 5.56 Å². The van der Waals surface area contributed by atoms with Crippen molar-refractivity contribution in [3.63, 3.8) is 0 Å². The Labute approximate surface area is 215 Å². The number of anilines is 1. The largest absolute Gasteiger partial charge is 0.494 e. The number of rotatable bonds is 8. The molecule has 1 unspecified atom stereocenters. The van der Waals surface area contributed by atoms with E-state index in [4.69, 9.17) is 4.74 Å². The summed E-state index contributed by atoms with van der Waals surface area (Å²) in [7, 11) is 0. The molecule has 1 aliphatic heterocycles. The molecule has 9 heteroatoms. The van der Waals surface area contributed by atoms with Gasteiger partial charge in [-0.2, -0.15) is 0 Å². The number of hydrogen-bond acceptors (Lipinski definition) is 6. The first kappa shape index (κ1) is 24.5. The minimum absolute atomic E-state index is 0.0700. The van der Waals surface area contributed by atoms with Gasteiger partial charge in [0, 0.05) is 62.8 Å². The van der Waals surface area contributed by atoms with Gasteiger partial charge in [0.2, 0.25) is 11.6 Å². The molecule has 0 bridgehead atoms. The van der Waals surface area contributed by atoms with Crippen molar-refractivity contribution >= 4 is 17.2 Å². The molecular formula is C28H32N6O3. The minimum Gasteiger partial charge on any atom is -0.494 e. The molecule has 1 atom stereocenters. The van der Waals surface area contributed by atoms with Gasteiger partial charge in [0.05, 0.1) is 6.61 Å². The van der Waals surface area contributed by atoms with Crippen LogP contribution < -0.4 is 15.2 Å². The van der Waals surface area contributed by atoms with Gasteiger partial charge in [-0.1, -0.05) is 25.1 Å². The Morgan fingerprint density at radius 1 is 0.946 bits per heavy atom. The lowest BCUT2D eigenvalue weighted by Gasteiger charge is -2.36. The molecule has 4 aromatic rings. The van der Waals surface area contributed by atoms with E-state index >= 15 is 0 Å². The fourth-order valence-corrected chi connectivity index (χ4v) is 4.81. The van der Waals surface area contributed by atoms with E-state index in [1.54, 1.807) is 21.4 Å². The van der Waals surface area contributed by atoms with E-state index < -0.39 is 0 Å². The van der Waals surface area contributed by atoms with Crippen LogP contribution in [-0.2, 0) is 11.2 Å². The first-order valence-corrected chi connectivity index (χ1v) is 12.8. The summed E-state index contributed by atoms with van der Waals surface area (Å²) in [5.41, 5.74) is 1.95. The van der Waals surface area contributed by atoms with Gasteiger partial charge in [-0.25, -0.2) is 0 Å². The van der Waals surface area contributed by atoms with Crippen LogP contribution in [0, 0.1) is 5.92 Å². The zero-order chi connectivity index (χ0) is 25.8. The van der Waals surface area contributed by atoms with Crippen LogP contribution in [0.2, 0.25) is 0 Å². The number of piperazine rings is 1. The molecule has 0 N–H and O–H groups in total. The van der Waals surface area contributed by atoms with E-state index in [0.717, 1.165) is 37.6 Å². The number of carbonyl (C=O) groups is 1. The van der Waals surface area contributed by atoms with E-state index in [0.29, 0.717) is 25.3 Å². The molecule has 0 radical (unpaired) electrons. The fourth-order valence-electron chi connectivity index (χ4n) is 4.81. The summed E-state index contributed by atoms with van der Waals surface area (Å²) in [6.45, 7) is 7.67. The van der Waals surface area contributed by atoms with Gasteiger partial charge in [-0.05, 0) is 49.2 Å². The molecule has 0 spiro atoms. The summed E-state index contributed by atoms with van der Waals surface area (Å²) in [5, 5.41) is 8.45. The second-order valence-corrected chi connectivity index (χ2v) is 9.43. The summed E-state index contributed by atoms with van der Waals surface area (Å²) in [6.07, 6.45) is 4.52. The number of nitrogens with zero attached hydrogens (tertiary/aromatic N) is 6. The maximum Gasteiger partial charge on any atom is 0.300 e. The van der Waals surface area contributed by atoms with E-state index in [1.165, 1.54) is 5.69 Å². The summed E-state index contributed by atoms with van der Waals surface area (Å²) < 4.78 is 8.76. The molecule has 192 valence electrons. The molecular weight excluding hydrogens is 468 g/mol. The normalized spacial score (nSPS) is 14.6. The summed E-state index contributed by atoms with van der Waals surface area (Å²) in [6, 6.07) is 17.7. The number of amides is 1. The summed E-state index contributed by atoms with van der Waals surface area (Å²) in [5.74, 6) is 1.67. The highest BCUT2D eigenvalue weighted by Gasteiger charge is 2.23. The summed E-state index contributed by atoms with van der Waals surface area (Å²) in [4.78, 5) is 30.3. The number of para-hydroxylation sites is 1. The van der Waals surface area contributed by atoms with Crippen LogP contribution in [0.4, 0.5) is 5.69 Å². The van der Waals surface area contributed by atoms with Gasteiger partial charge in [0.15, 0.2) is 0 Å². The van der Waals surface area contributed by atoms with Crippen molar-refractivity contribution in [1.82, 2.24) is 24.1 Å². The molecule has 1 aliphatic rings. The third kappa shape index (κ3) is 5.35. The minimum atomic E-state index is -0.245. The zero-order valence-electron chi connectivity index (χ0n) is 21.3. The van der Waals surface area contributed by atoms with Crippen LogP contribution >= 0.6 is 0 Å². The number of ether oxygens (including phenoxy) is 1. The standard InChI is InChI=1S/C28H32N6O3/c1-3-37-24-11-9-23(10-12-24)33-17-18-34-25(29-30-27(34)28(33)36)19-21(2)20-26(35)32-15-13-31(14-16-32)22-7-5-4-6-8-22/h4-12,17-18,21H,3,13-16,19-20H2,1-2H3. The number of benzene rings is 2. The predicted molar refractivity (Wildman–Crippen MR) is 142 cm³/mol. The van der Waals surface area contributed by atoms with Gasteiger partial charge in [-0.15, -0.1) is 10.2 Å². The lowest BCUT2D eigenvalue weighted by atomic mass is 10.0. The molecule has 3 heterocycles. The third-order valence-electron chi connectivity index (χ3n) is 6.78. The van der Waals surface area contributed by atoms with E-state index in [1.807, 2.05) is 61.2 Å².